The number of amides is 1. The fourth-order valence-corrected chi connectivity index (χ4v) is 2.55. The van der Waals surface area contributed by atoms with Crippen LogP contribution in [0.25, 0.3) is 0 Å². The molecule has 0 bridgehead atoms. The number of carbonyl (C=O) groups is 1. The first kappa shape index (κ1) is 11.6. The van der Waals surface area contributed by atoms with Crippen molar-refractivity contribution in [2.45, 2.75) is 0 Å². The van der Waals surface area contributed by atoms with Crippen molar-refractivity contribution in [2.75, 3.05) is 10.8 Å². The van der Waals surface area contributed by atoms with Gasteiger partial charge in [0.2, 0.25) is 0 Å². The summed E-state index contributed by atoms with van der Waals surface area (Å²) in [5.41, 5.74) is -0.624. The molecule has 0 spiro atoms. The van der Waals surface area contributed by atoms with Gasteiger partial charge >= 0.3 is 10.2 Å². The van der Waals surface area contributed by atoms with Crippen molar-refractivity contribution in [3.63, 3.8) is 0 Å². The molecule has 1 saturated heterocycles. The Bertz CT molecular complexity index is 602. The highest BCUT2D eigenvalue weighted by Gasteiger charge is 2.36. The van der Waals surface area contributed by atoms with E-state index in [4.69, 9.17) is 0 Å². The molecule has 0 aromatic heterocycles. The number of aromatic hydroxyl groups is 1. The molecule has 2 rings (SSSR count). The highest BCUT2D eigenvalue weighted by atomic mass is 32.2. The number of phenolic OH excluding ortho intramolecular Hbond substituents is 1. The minimum Gasteiger partial charge on any atom is -0.503 e. The summed E-state index contributed by atoms with van der Waals surface area (Å²) in [6.07, 6.45) is 0. The first-order valence-electron chi connectivity index (χ1n) is 4.32. The number of anilines is 1. The van der Waals surface area contributed by atoms with Gasteiger partial charge < -0.3 is 5.11 Å². The van der Waals surface area contributed by atoms with Gasteiger partial charge in [-0.3, -0.25) is 4.79 Å². The van der Waals surface area contributed by atoms with E-state index in [1.807, 2.05) is 0 Å². The van der Waals surface area contributed by atoms with Gasteiger partial charge in [0.15, 0.2) is 11.6 Å². The van der Waals surface area contributed by atoms with Crippen molar-refractivity contribution >= 4 is 21.8 Å². The molecular weight excluding hydrogens is 258 g/mol. The topological polar surface area (TPSA) is 86.7 Å². The smallest absolute Gasteiger partial charge is 0.326 e. The molecule has 1 heterocycles. The van der Waals surface area contributed by atoms with Crippen molar-refractivity contribution in [1.29, 1.82) is 0 Å². The molecule has 0 aliphatic carbocycles. The van der Waals surface area contributed by atoms with Gasteiger partial charge in [-0.2, -0.15) is 8.42 Å². The lowest BCUT2D eigenvalue weighted by molar-refractivity contribution is -0.117. The number of carbonyl (C=O) groups excluding carboxylic acids is 1. The van der Waals surface area contributed by atoms with E-state index >= 15 is 0 Å². The molecule has 1 aliphatic rings. The lowest BCUT2D eigenvalue weighted by Crippen LogP contribution is -2.29. The standard InChI is InChI=1S/C8H6F2N2O4S/c9-4-1-5(10)8(14)6(2-4)12-3-7(13)11-17(12,15)16/h1-2,14H,3H2,(H,11,13). The van der Waals surface area contributed by atoms with E-state index in [1.54, 1.807) is 4.72 Å². The van der Waals surface area contributed by atoms with Crippen LogP contribution in [-0.2, 0) is 15.0 Å². The Labute approximate surface area is 94.6 Å². The minimum absolute atomic E-state index is 0.386. The van der Waals surface area contributed by atoms with E-state index in [0.717, 1.165) is 0 Å². The van der Waals surface area contributed by atoms with Gasteiger partial charge in [-0.15, -0.1) is 0 Å². The van der Waals surface area contributed by atoms with Crippen LogP contribution in [0.2, 0.25) is 0 Å². The molecule has 0 atom stereocenters. The Kier molecular flexibility index (Phi) is 2.42. The van der Waals surface area contributed by atoms with Crippen molar-refractivity contribution < 1.29 is 27.1 Å². The molecule has 1 aliphatic heterocycles. The van der Waals surface area contributed by atoms with Gasteiger partial charge in [0.25, 0.3) is 5.91 Å². The quantitative estimate of drug-likeness (QED) is 0.738. The van der Waals surface area contributed by atoms with Gasteiger partial charge in [0.05, 0.1) is 0 Å². The van der Waals surface area contributed by atoms with Crippen LogP contribution in [-0.4, -0.2) is 26.0 Å². The van der Waals surface area contributed by atoms with E-state index in [0.29, 0.717) is 16.4 Å². The number of phenols is 1. The third-order valence-electron chi connectivity index (χ3n) is 2.10. The van der Waals surface area contributed by atoms with E-state index in [-0.39, 0.29) is 0 Å². The number of hydrogen-bond acceptors (Lipinski definition) is 4. The van der Waals surface area contributed by atoms with Crippen molar-refractivity contribution in [3.05, 3.63) is 23.8 Å². The van der Waals surface area contributed by atoms with E-state index in [2.05, 4.69) is 0 Å². The number of rotatable bonds is 1. The van der Waals surface area contributed by atoms with Gasteiger partial charge in [-0.25, -0.2) is 17.8 Å². The zero-order valence-electron chi connectivity index (χ0n) is 8.15. The third-order valence-corrected chi connectivity index (χ3v) is 3.49. The number of nitrogens with zero attached hydrogens (tertiary/aromatic N) is 1. The molecule has 1 amide bonds. The normalized spacial score (nSPS) is 18.2. The summed E-state index contributed by atoms with van der Waals surface area (Å²) in [5, 5.41) is 9.31. The van der Waals surface area contributed by atoms with Crippen molar-refractivity contribution in [3.8, 4) is 5.75 Å². The summed E-state index contributed by atoms with van der Waals surface area (Å²) < 4.78 is 50.7. The Morgan fingerprint density at radius 3 is 2.53 bits per heavy atom. The Hall–Kier alpha value is -1.90. The van der Waals surface area contributed by atoms with Gasteiger partial charge in [0, 0.05) is 12.1 Å². The van der Waals surface area contributed by atoms with E-state index < -0.39 is 45.7 Å². The van der Waals surface area contributed by atoms with Crippen LogP contribution in [0.4, 0.5) is 14.5 Å². The van der Waals surface area contributed by atoms with Crippen molar-refractivity contribution in [2.24, 2.45) is 0 Å². The summed E-state index contributed by atoms with van der Waals surface area (Å²) in [6, 6.07) is 1.02. The third kappa shape index (κ3) is 1.88. The van der Waals surface area contributed by atoms with Crippen LogP contribution in [0, 0.1) is 11.6 Å². The molecule has 0 saturated carbocycles. The summed E-state index contributed by atoms with van der Waals surface area (Å²) in [4.78, 5) is 10.9. The maximum Gasteiger partial charge on any atom is 0.326 e. The predicted molar refractivity (Wildman–Crippen MR) is 52.4 cm³/mol. The second-order valence-electron chi connectivity index (χ2n) is 3.29. The maximum absolute atomic E-state index is 13.0. The molecule has 6 nitrogen and oxygen atoms in total. The zero-order valence-corrected chi connectivity index (χ0v) is 8.96. The first-order valence-corrected chi connectivity index (χ1v) is 5.76. The number of halogens is 2. The number of benzene rings is 1. The fraction of sp³-hybridized carbons (Fsp3) is 0.125. The summed E-state index contributed by atoms with van der Waals surface area (Å²) in [7, 11) is -4.20. The molecule has 0 unspecified atom stereocenters. The van der Waals surface area contributed by atoms with Crippen molar-refractivity contribution in [1.82, 2.24) is 4.72 Å². The van der Waals surface area contributed by atoms with Crippen LogP contribution >= 0.6 is 0 Å². The number of hydrogen-bond donors (Lipinski definition) is 2. The zero-order chi connectivity index (χ0) is 12.8. The summed E-state index contributed by atoms with van der Waals surface area (Å²) >= 11 is 0. The molecule has 2 N–H and O–H groups in total. The average Bonchev–Trinajstić information content (AvgIpc) is 2.45. The Morgan fingerprint density at radius 1 is 1.35 bits per heavy atom. The lowest BCUT2D eigenvalue weighted by atomic mass is 10.2. The largest absolute Gasteiger partial charge is 0.503 e. The predicted octanol–water partition coefficient (Wildman–Crippen LogP) is -0.149. The maximum atomic E-state index is 13.0. The molecule has 1 aromatic rings. The lowest BCUT2D eigenvalue weighted by Gasteiger charge is -2.16. The monoisotopic (exact) mass is 264 g/mol. The highest BCUT2D eigenvalue weighted by Crippen LogP contribution is 2.33. The van der Waals surface area contributed by atoms with Gasteiger partial charge in [0.1, 0.15) is 18.0 Å². The summed E-state index contributed by atoms with van der Waals surface area (Å²) in [6.45, 7) is -0.640. The second-order valence-corrected chi connectivity index (χ2v) is 4.89. The summed E-state index contributed by atoms with van der Waals surface area (Å²) in [5.74, 6) is -4.26. The SMILES string of the molecule is O=C1CN(c2cc(F)cc(F)c2O)S(=O)(=O)N1. The van der Waals surface area contributed by atoms with Crippen LogP contribution in [0.3, 0.4) is 0 Å². The van der Waals surface area contributed by atoms with Crippen LogP contribution in [0.5, 0.6) is 5.75 Å². The average molecular weight is 264 g/mol. The Balaban J connectivity index is 2.59. The van der Waals surface area contributed by atoms with Gasteiger partial charge in [-0.1, -0.05) is 0 Å². The Morgan fingerprint density at radius 2 is 2.00 bits per heavy atom. The fourth-order valence-electron chi connectivity index (χ4n) is 1.40. The van der Waals surface area contributed by atoms with Gasteiger partial charge in [-0.05, 0) is 0 Å². The highest BCUT2D eigenvalue weighted by molar-refractivity contribution is 7.92. The number of nitrogens with one attached hydrogen (secondary N) is 1. The molecule has 1 aromatic carbocycles. The van der Waals surface area contributed by atoms with Crippen LogP contribution < -0.4 is 9.03 Å². The molecule has 92 valence electrons. The second kappa shape index (κ2) is 3.55. The molecule has 17 heavy (non-hydrogen) atoms. The first-order chi connectivity index (χ1) is 7.81. The molecule has 9 heteroatoms. The minimum atomic E-state index is -4.20. The molecule has 1 fully saturated rings. The van der Waals surface area contributed by atoms with Crippen LogP contribution in [0.15, 0.2) is 12.1 Å². The molecule has 0 radical (unpaired) electrons. The van der Waals surface area contributed by atoms with E-state index in [9.17, 15) is 27.1 Å². The van der Waals surface area contributed by atoms with E-state index in [1.165, 1.54) is 0 Å². The van der Waals surface area contributed by atoms with Crippen LogP contribution in [0.1, 0.15) is 0 Å². The molecular formula is C8H6F2N2O4S.